The first-order chi connectivity index (χ1) is 5.29. The minimum absolute atomic E-state index is 0.681. The summed E-state index contributed by atoms with van der Waals surface area (Å²) < 4.78 is 0.814. The number of nitrogens with one attached hydrogen (secondary N) is 1. The van der Waals surface area contributed by atoms with Crippen molar-refractivity contribution < 1.29 is 0 Å². The molecule has 0 spiro atoms. The Kier molecular flexibility index (Phi) is 1.62. The summed E-state index contributed by atoms with van der Waals surface area (Å²) in [6.07, 6.45) is 3.51. The maximum absolute atomic E-state index is 5.95. The first-order valence-electron chi connectivity index (χ1n) is 3.06. The van der Waals surface area contributed by atoms with E-state index >= 15 is 0 Å². The molecule has 2 heterocycles. The number of aromatic nitrogens is 2. The minimum Gasteiger partial charge on any atom is -0.359 e. The SMILES string of the molecule is Clc1c(Br)cnc2cc[nH]c12. The largest absolute Gasteiger partial charge is 0.359 e. The fourth-order valence-corrected chi connectivity index (χ4v) is 1.45. The lowest BCUT2D eigenvalue weighted by Gasteiger charge is -1.94. The Morgan fingerprint density at radius 3 is 3.18 bits per heavy atom. The van der Waals surface area contributed by atoms with Crippen LogP contribution in [0, 0.1) is 0 Å². The molecule has 2 nitrogen and oxygen atoms in total. The molecule has 2 rings (SSSR count). The summed E-state index contributed by atoms with van der Waals surface area (Å²) in [5.41, 5.74) is 1.76. The molecule has 0 amide bonds. The fourth-order valence-electron chi connectivity index (χ4n) is 0.947. The van der Waals surface area contributed by atoms with Crippen LogP contribution in [0.3, 0.4) is 0 Å². The van der Waals surface area contributed by atoms with Gasteiger partial charge in [-0.25, -0.2) is 0 Å². The molecule has 0 fully saturated rings. The molecule has 56 valence electrons. The summed E-state index contributed by atoms with van der Waals surface area (Å²) in [5.74, 6) is 0. The van der Waals surface area contributed by atoms with Crippen molar-refractivity contribution >= 4 is 38.6 Å². The summed E-state index contributed by atoms with van der Waals surface area (Å²) in [7, 11) is 0. The maximum Gasteiger partial charge on any atom is 0.0895 e. The van der Waals surface area contributed by atoms with Crippen molar-refractivity contribution in [1.82, 2.24) is 9.97 Å². The third kappa shape index (κ3) is 1.04. The monoisotopic (exact) mass is 230 g/mol. The zero-order valence-corrected chi connectivity index (χ0v) is 7.78. The first-order valence-corrected chi connectivity index (χ1v) is 4.23. The van der Waals surface area contributed by atoms with Gasteiger partial charge >= 0.3 is 0 Å². The zero-order valence-electron chi connectivity index (χ0n) is 5.44. The van der Waals surface area contributed by atoms with Crippen molar-refractivity contribution in [3.05, 3.63) is 28.0 Å². The van der Waals surface area contributed by atoms with Crippen LogP contribution in [0.2, 0.25) is 5.02 Å². The third-order valence-electron chi connectivity index (χ3n) is 1.47. The van der Waals surface area contributed by atoms with Crippen LogP contribution in [0.1, 0.15) is 0 Å². The van der Waals surface area contributed by atoms with Crippen molar-refractivity contribution in [2.45, 2.75) is 0 Å². The van der Waals surface area contributed by atoms with Gasteiger partial charge < -0.3 is 4.98 Å². The molecule has 0 atom stereocenters. The Labute approximate surface area is 76.7 Å². The fraction of sp³-hybridized carbons (Fsp3) is 0. The average molecular weight is 231 g/mol. The predicted molar refractivity (Wildman–Crippen MR) is 48.8 cm³/mol. The lowest BCUT2D eigenvalue weighted by atomic mass is 10.4. The van der Waals surface area contributed by atoms with Gasteiger partial charge in [-0.1, -0.05) is 11.6 Å². The van der Waals surface area contributed by atoms with Gasteiger partial charge in [0, 0.05) is 12.4 Å². The lowest BCUT2D eigenvalue weighted by Crippen LogP contribution is -1.77. The van der Waals surface area contributed by atoms with Crippen molar-refractivity contribution in [2.75, 3.05) is 0 Å². The molecule has 11 heavy (non-hydrogen) atoms. The Morgan fingerprint density at radius 1 is 1.55 bits per heavy atom. The van der Waals surface area contributed by atoms with Gasteiger partial charge in [-0.3, -0.25) is 4.98 Å². The van der Waals surface area contributed by atoms with E-state index in [-0.39, 0.29) is 0 Å². The van der Waals surface area contributed by atoms with E-state index in [1.54, 1.807) is 6.20 Å². The van der Waals surface area contributed by atoms with Crippen LogP contribution in [0.25, 0.3) is 11.0 Å². The van der Waals surface area contributed by atoms with E-state index in [9.17, 15) is 0 Å². The van der Waals surface area contributed by atoms with E-state index in [0.717, 1.165) is 15.5 Å². The van der Waals surface area contributed by atoms with E-state index in [2.05, 4.69) is 25.9 Å². The van der Waals surface area contributed by atoms with E-state index in [4.69, 9.17) is 11.6 Å². The molecule has 0 bridgehead atoms. The maximum atomic E-state index is 5.95. The number of nitrogens with zero attached hydrogens (tertiary/aromatic N) is 1. The Hall–Kier alpha value is -0.540. The van der Waals surface area contributed by atoms with Crippen LogP contribution in [0.15, 0.2) is 22.9 Å². The number of H-pyrrole nitrogens is 1. The molecule has 0 saturated heterocycles. The smallest absolute Gasteiger partial charge is 0.0895 e. The summed E-state index contributed by atoms with van der Waals surface area (Å²) in [4.78, 5) is 7.14. The van der Waals surface area contributed by atoms with E-state index in [1.807, 2.05) is 12.3 Å². The van der Waals surface area contributed by atoms with E-state index < -0.39 is 0 Å². The standard InChI is InChI=1S/C7H4BrClN2/c8-4-3-11-5-1-2-10-7(5)6(4)9/h1-3,10H. The lowest BCUT2D eigenvalue weighted by molar-refractivity contribution is 1.38. The Bertz CT molecular complexity index is 396. The predicted octanol–water partition coefficient (Wildman–Crippen LogP) is 2.98. The molecule has 0 aliphatic rings. The van der Waals surface area contributed by atoms with Gasteiger partial charge in [0.2, 0.25) is 0 Å². The van der Waals surface area contributed by atoms with Gasteiger partial charge in [0.25, 0.3) is 0 Å². The number of fused-ring (bicyclic) bond motifs is 1. The molecule has 0 unspecified atom stereocenters. The second-order valence-corrected chi connectivity index (χ2v) is 3.39. The summed E-state index contributed by atoms with van der Waals surface area (Å²) in [6, 6.07) is 1.88. The van der Waals surface area contributed by atoms with Crippen LogP contribution >= 0.6 is 27.5 Å². The molecule has 2 aromatic rings. The summed E-state index contributed by atoms with van der Waals surface area (Å²) in [5, 5.41) is 0.681. The normalized spacial score (nSPS) is 10.7. The molecule has 0 saturated carbocycles. The van der Waals surface area contributed by atoms with Gasteiger partial charge in [-0.2, -0.15) is 0 Å². The van der Waals surface area contributed by atoms with Crippen LogP contribution in [-0.2, 0) is 0 Å². The van der Waals surface area contributed by atoms with Gasteiger partial charge in [0.05, 0.1) is 20.5 Å². The second kappa shape index (κ2) is 2.50. The number of aromatic amines is 1. The van der Waals surface area contributed by atoms with Gasteiger partial charge in [0.1, 0.15) is 0 Å². The highest BCUT2D eigenvalue weighted by atomic mass is 79.9. The zero-order chi connectivity index (χ0) is 7.84. The Morgan fingerprint density at radius 2 is 2.36 bits per heavy atom. The van der Waals surface area contributed by atoms with Crippen molar-refractivity contribution in [3.8, 4) is 0 Å². The molecule has 4 heteroatoms. The van der Waals surface area contributed by atoms with Crippen LogP contribution in [0.5, 0.6) is 0 Å². The van der Waals surface area contributed by atoms with Crippen LogP contribution < -0.4 is 0 Å². The van der Waals surface area contributed by atoms with Crippen molar-refractivity contribution in [3.63, 3.8) is 0 Å². The molecule has 0 aliphatic heterocycles. The molecule has 2 aromatic heterocycles. The number of hydrogen-bond acceptors (Lipinski definition) is 1. The molecule has 0 aliphatic carbocycles. The number of hydrogen-bond donors (Lipinski definition) is 1. The van der Waals surface area contributed by atoms with E-state index in [1.165, 1.54) is 0 Å². The average Bonchev–Trinajstić information content (AvgIpc) is 2.45. The molecule has 0 aromatic carbocycles. The van der Waals surface area contributed by atoms with Crippen LogP contribution in [0.4, 0.5) is 0 Å². The van der Waals surface area contributed by atoms with Crippen molar-refractivity contribution in [1.29, 1.82) is 0 Å². The quantitative estimate of drug-likeness (QED) is 0.742. The number of pyridine rings is 1. The van der Waals surface area contributed by atoms with Gasteiger partial charge in [-0.05, 0) is 22.0 Å². The van der Waals surface area contributed by atoms with E-state index in [0.29, 0.717) is 5.02 Å². The topological polar surface area (TPSA) is 28.7 Å². The van der Waals surface area contributed by atoms with Crippen molar-refractivity contribution in [2.24, 2.45) is 0 Å². The van der Waals surface area contributed by atoms with Crippen LogP contribution in [-0.4, -0.2) is 9.97 Å². The molecule has 1 N–H and O–H groups in total. The highest BCUT2D eigenvalue weighted by molar-refractivity contribution is 9.10. The highest BCUT2D eigenvalue weighted by Crippen LogP contribution is 2.27. The van der Waals surface area contributed by atoms with Gasteiger partial charge in [-0.15, -0.1) is 0 Å². The third-order valence-corrected chi connectivity index (χ3v) is 2.69. The number of halogens is 2. The number of rotatable bonds is 0. The Balaban J connectivity index is 2.93. The minimum atomic E-state index is 0.681. The van der Waals surface area contributed by atoms with Gasteiger partial charge in [0.15, 0.2) is 0 Å². The summed E-state index contributed by atoms with van der Waals surface area (Å²) >= 11 is 9.24. The second-order valence-electron chi connectivity index (χ2n) is 2.16. The summed E-state index contributed by atoms with van der Waals surface area (Å²) in [6.45, 7) is 0. The highest BCUT2D eigenvalue weighted by Gasteiger charge is 2.03. The molecule has 0 radical (unpaired) electrons. The molecular weight excluding hydrogens is 227 g/mol. The first kappa shape index (κ1) is 7.13. The molecular formula is C7H4BrClN2.